The van der Waals surface area contributed by atoms with Gasteiger partial charge in [0.25, 0.3) is 5.91 Å². The Hall–Kier alpha value is -2.18. The Morgan fingerprint density at radius 1 is 1.35 bits per heavy atom. The third-order valence-corrected chi connectivity index (χ3v) is 1.73. The second kappa shape index (κ2) is 5.78. The first-order chi connectivity index (χ1) is 8.02. The van der Waals surface area contributed by atoms with Crippen molar-refractivity contribution in [1.29, 1.82) is 0 Å². The number of amides is 3. The normalized spacial score (nSPS) is 9.59. The van der Waals surface area contributed by atoms with Gasteiger partial charge >= 0.3 is 6.03 Å². The zero-order chi connectivity index (χ0) is 12.8. The number of hydrogen-bond acceptors (Lipinski definition) is 3. The highest BCUT2D eigenvalue weighted by Crippen LogP contribution is 2.17. The van der Waals surface area contributed by atoms with Gasteiger partial charge in [-0.2, -0.15) is 0 Å². The quantitative estimate of drug-likeness (QED) is 0.826. The zero-order valence-electron chi connectivity index (χ0n) is 8.92. The van der Waals surface area contributed by atoms with E-state index >= 15 is 0 Å². The summed E-state index contributed by atoms with van der Waals surface area (Å²) in [5.41, 5.74) is 0. The maximum absolute atomic E-state index is 13.1. The van der Waals surface area contributed by atoms with Crippen LogP contribution < -0.4 is 15.4 Å². The van der Waals surface area contributed by atoms with Crippen LogP contribution in [0.1, 0.15) is 0 Å². The maximum atomic E-state index is 13.1. The van der Waals surface area contributed by atoms with Gasteiger partial charge < -0.3 is 10.1 Å². The third-order valence-electron chi connectivity index (χ3n) is 1.73. The Bertz CT molecular complexity index is 438. The predicted octanol–water partition coefficient (Wildman–Crippen LogP) is 0.799. The fraction of sp³-hybridized carbons (Fsp3) is 0.200. The number of carbonyl (C=O) groups is 2. The van der Waals surface area contributed by atoms with Gasteiger partial charge in [0, 0.05) is 13.1 Å². The van der Waals surface area contributed by atoms with Crippen molar-refractivity contribution in [3.63, 3.8) is 0 Å². The number of carbonyl (C=O) groups excluding carboxylic acids is 2. The number of nitrogens with one attached hydrogen (secondary N) is 2. The summed E-state index contributed by atoms with van der Waals surface area (Å²) in [4.78, 5) is 21.8. The molecule has 0 aliphatic rings. The lowest BCUT2D eigenvalue weighted by molar-refractivity contribution is -0.122. The summed E-state index contributed by atoms with van der Waals surface area (Å²) in [5, 5.41) is 4.08. The molecule has 17 heavy (non-hydrogen) atoms. The molecule has 0 atom stereocenters. The Morgan fingerprint density at radius 2 is 2.06 bits per heavy atom. The molecule has 0 spiro atoms. The molecule has 0 saturated carbocycles. The molecule has 2 N–H and O–H groups in total. The molecule has 0 aliphatic heterocycles. The minimum atomic E-state index is -0.919. The van der Waals surface area contributed by atoms with Crippen LogP contribution in [-0.2, 0) is 4.79 Å². The largest absolute Gasteiger partial charge is 0.481 e. The smallest absolute Gasteiger partial charge is 0.321 e. The monoisotopic (exact) mass is 244 g/mol. The number of rotatable bonds is 3. The van der Waals surface area contributed by atoms with E-state index in [1.54, 1.807) is 0 Å². The molecule has 1 aromatic carbocycles. The van der Waals surface area contributed by atoms with E-state index in [1.807, 2.05) is 5.32 Å². The predicted molar refractivity (Wildman–Crippen MR) is 54.5 cm³/mol. The first-order valence-corrected chi connectivity index (χ1v) is 4.62. The maximum Gasteiger partial charge on any atom is 0.321 e. The van der Waals surface area contributed by atoms with Gasteiger partial charge in [0.2, 0.25) is 0 Å². The van der Waals surface area contributed by atoms with Crippen molar-refractivity contribution in [3.8, 4) is 5.75 Å². The first kappa shape index (κ1) is 12.9. The Kier molecular flexibility index (Phi) is 4.38. The fourth-order valence-electron chi connectivity index (χ4n) is 0.961. The number of benzene rings is 1. The molecule has 1 rings (SSSR count). The molecular weight excluding hydrogens is 234 g/mol. The highest BCUT2D eigenvalue weighted by molar-refractivity contribution is 5.94. The summed E-state index contributed by atoms with van der Waals surface area (Å²) in [5.74, 6) is -2.67. The number of urea groups is 1. The molecule has 0 heterocycles. The zero-order valence-corrected chi connectivity index (χ0v) is 8.92. The topological polar surface area (TPSA) is 67.4 Å². The average molecular weight is 244 g/mol. The van der Waals surface area contributed by atoms with Crippen molar-refractivity contribution >= 4 is 11.9 Å². The van der Waals surface area contributed by atoms with Crippen LogP contribution in [0, 0.1) is 11.6 Å². The Balaban J connectivity index is 2.50. The average Bonchev–Trinajstić information content (AvgIpc) is 2.27. The minimum Gasteiger partial charge on any atom is -0.481 e. The molecule has 3 amide bonds. The number of hydrogen-bond donors (Lipinski definition) is 2. The van der Waals surface area contributed by atoms with Gasteiger partial charge in [0.15, 0.2) is 18.2 Å². The fourth-order valence-corrected chi connectivity index (χ4v) is 0.961. The van der Waals surface area contributed by atoms with Gasteiger partial charge in [-0.1, -0.05) is 0 Å². The molecule has 7 heteroatoms. The van der Waals surface area contributed by atoms with Crippen LogP contribution in [0.4, 0.5) is 13.6 Å². The lowest BCUT2D eigenvalue weighted by Gasteiger charge is -2.07. The standard InChI is InChI=1S/C10H10F2N2O3/c1-13-10(16)14-9(15)5-17-8-3-2-6(11)4-7(8)12/h2-4H,5H2,1H3,(H2,13,14,15,16). The molecule has 0 radical (unpaired) electrons. The second-order valence-corrected chi connectivity index (χ2v) is 2.99. The second-order valence-electron chi connectivity index (χ2n) is 2.99. The lowest BCUT2D eigenvalue weighted by atomic mass is 10.3. The van der Waals surface area contributed by atoms with Crippen LogP contribution in [0.25, 0.3) is 0 Å². The van der Waals surface area contributed by atoms with Crippen LogP contribution in [0.15, 0.2) is 18.2 Å². The highest BCUT2D eigenvalue weighted by Gasteiger charge is 2.09. The summed E-state index contributed by atoms with van der Waals surface area (Å²) in [6.45, 7) is -0.546. The van der Waals surface area contributed by atoms with Gasteiger partial charge in [0.1, 0.15) is 5.82 Å². The van der Waals surface area contributed by atoms with E-state index in [-0.39, 0.29) is 5.75 Å². The summed E-state index contributed by atoms with van der Waals surface area (Å²) >= 11 is 0. The summed E-state index contributed by atoms with van der Waals surface area (Å²) < 4.78 is 30.4. The molecule has 0 aromatic heterocycles. The molecule has 92 valence electrons. The van der Waals surface area contributed by atoms with Crippen LogP contribution in [0.2, 0.25) is 0 Å². The van der Waals surface area contributed by atoms with Crippen molar-refractivity contribution in [1.82, 2.24) is 10.6 Å². The minimum absolute atomic E-state index is 0.265. The van der Waals surface area contributed by atoms with Gasteiger partial charge in [-0.25, -0.2) is 13.6 Å². The summed E-state index contributed by atoms with van der Waals surface area (Å²) in [6.07, 6.45) is 0. The molecule has 0 unspecified atom stereocenters. The molecular formula is C10H10F2N2O3. The molecule has 5 nitrogen and oxygen atoms in total. The number of ether oxygens (including phenoxy) is 1. The van der Waals surface area contributed by atoms with Gasteiger partial charge in [-0.3, -0.25) is 10.1 Å². The number of halogens is 2. The van der Waals surface area contributed by atoms with Gasteiger partial charge in [0.05, 0.1) is 0 Å². The molecule has 1 aromatic rings. The molecule has 0 aliphatic carbocycles. The van der Waals surface area contributed by atoms with E-state index in [0.29, 0.717) is 6.07 Å². The van der Waals surface area contributed by atoms with E-state index in [0.717, 1.165) is 12.1 Å². The van der Waals surface area contributed by atoms with Crippen molar-refractivity contribution in [2.45, 2.75) is 0 Å². The Labute approximate surface area is 95.8 Å². The van der Waals surface area contributed by atoms with E-state index in [2.05, 4.69) is 5.32 Å². The van der Waals surface area contributed by atoms with Crippen LogP contribution in [0.5, 0.6) is 5.75 Å². The van der Waals surface area contributed by atoms with Crippen molar-refractivity contribution in [2.75, 3.05) is 13.7 Å². The van der Waals surface area contributed by atoms with Gasteiger partial charge in [-0.05, 0) is 12.1 Å². The highest BCUT2D eigenvalue weighted by atomic mass is 19.1. The summed E-state index contributed by atoms with van der Waals surface area (Å²) in [7, 11) is 1.34. The van der Waals surface area contributed by atoms with Crippen molar-refractivity contribution < 1.29 is 23.1 Å². The third kappa shape index (κ3) is 4.06. The van der Waals surface area contributed by atoms with E-state index in [9.17, 15) is 18.4 Å². The van der Waals surface area contributed by atoms with Crippen LogP contribution in [-0.4, -0.2) is 25.6 Å². The SMILES string of the molecule is CNC(=O)NC(=O)COc1ccc(F)cc1F. The van der Waals surface area contributed by atoms with Crippen LogP contribution in [0.3, 0.4) is 0 Å². The lowest BCUT2D eigenvalue weighted by Crippen LogP contribution is -2.40. The summed E-state index contributed by atoms with van der Waals surface area (Å²) in [6, 6.07) is 1.98. The first-order valence-electron chi connectivity index (χ1n) is 4.62. The molecule has 0 fully saturated rings. The van der Waals surface area contributed by atoms with Crippen molar-refractivity contribution in [2.24, 2.45) is 0 Å². The number of imide groups is 1. The van der Waals surface area contributed by atoms with Gasteiger partial charge in [-0.15, -0.1) is 0 Å². The van der Waals surface area contributed by atoms with E-state index in [4.69, 9.17) is 4.74 Å². The Morgan fingerprint density at radius 3 is 2.65 bits per heavy atom. The van der Waals surface area contributed by atoms with E-state index < -0.39 is 30.2 Å². The molecule has 0 bridgehead atoms. The van der Waals surface area contributed by atoms with Crippen molar-refractivity contribution in [3.05, 3.63) is 29.8 Å². The van der Waals surface area contributed by atoms with Crippen LogP contribution >= 0.6 is 0 Å². The molecule has 0 saturated heterocycles. The van der Waals surface area contributed by atoms with E-state index in [1.165, 1.54) is 7.05 Å².